The van der Waals surface area contributed by atoms with Crippen LogP contribution in [0.25, 0.3) is 5.69 Å². The Hall–Kier alpha value is -3.00. The van der Waals surface area contributed by atoms with Crippen molar-refractivity contribution in [2.75, 3.05) is 7.11 Å². The quantitative estimate of drug-likeness (QED) is 0.356. The maximum Gasteiger partial charge on any atom is 0.303 e. The molecule has 1 aliphatic rings. The molecular formula is C27H33FN2O4S. The van der Waals surface area contributed by atoms with Crippen LogP contribution in [0.3, 0.4) is 0 Å². The molecule has 1 aromatic heterocycles. The van der Waals surface area contributed by atoms with E-state index in [0.717, 1.165) is 29.8 Å². The Bertz CT molecular complexity index is 1160. The van der Waals surface area contributed by atoms with Gasteiger partial charge in [0, 0.05) is 11.8 Å². The molecule has 1 atom stereocenters. The van der Waals surface area contributed by atoms with Crippen molar-refractivity contribution < 1.29 is 23.8 Å². The van der Waals surface area contributed by atoms with Crippen LogP contribution >= 0.6 is 13.5 Å². The number of nitrogens with zero attached hydrogens (tertiary/aromatic N) is 2. The molecule has 1 aliphatic carbocycles. The molecule has 8 heteroatoms. The minimum atomic E-state index is -0.781. The molecule has 1 fully saturated rings. The van der Waals surface area contributed by atoms with Crippen LogP contribution in [0, 0.1) is 17.7 Å². The van der Waals surface area contributed by atoms with Gasteiger partial charge < -0.3 is 14.6 Å². The summed E-state index contributed by atoms with van der Waals surface area (Å²) in [6.45, 7) is 4.44. The Balaban J connectivity index is 0.00000342. The molecule has 4 rings (SSSR count). The molecule has 0 spiro atoms. The summed E-state index contributed by atoms with van der Waals surface area (Å²) in [6, 6.07) is 12.3. The van der Waals surface area contributed by atoms with Crippen LogP contribution in [-0.2, 0) is 17.8 Å². The van der Waals surface area contributed by atoms with Crippen molar-refractivity contribution in [1.82, 2.24) is 9.55 Å². The van der Waals surface area contributed by atoms with Gasteiger partial charge in [0.2, 0.25) is 0 Å². The first kappa shape index (κ1) is 26.6. The van der Waals surface area contributed by atoms with Gasteiger partial charge in [-0.15, -0.1) is 0 Å². The highest BCUT2D eigenvalue weighted by Gasteiger charge is 2.33. The van der Waals surface area contributed by atoms with Crippen molar-refractivity contribution in [3.05, 3.63) is 71.6 Å². The van der Waals surface area contributed by atoms with E-state index in [2.05, 4.69) is 18.8 Å². The van der Waals surface area contributed by atoms with Crippen LogP contribution in [0.1, 0.15) is 56.0 Å². The van der Waals surface area contributed by atoms with E-state index in [9.17, 15) is 14.3 Å². The average molecular weight is 501 g/mol. The first-order valence-electron chi connectivity index (χ1n) is 11.7. The third-order valence-electron chi connectivity index (χ3n) is 6.21. The van der Waals surface area contributed by atoms with Gasteiger partial charge in [-0.3, -0.25) is 9.36 Å². The first-order valence-corrected chi connectivity index (χ1v) is 11.7. The van der Waals surface area contributed by atoms with Gasteiger partial charge >= 0.3 is 5.97 Å². The van der Waals surface area contributed by atoms with Gasteiger partial charge in [-0.2, -0.15) is 13.5 Å². The third kappa shape index (κ3) is 6.57. The number of rotatable bonds is 11. The molecule has 3 aromatic rings. The molecule has 1 heterocycles. The van der Waals surface area contributed by atoms with E-state index < -0.39 is 5.97 Å². The maximum absolute atomic E-state index is 14.7. The number of hydrogen-bond acceptors (Lipinski definition) is 4. The Labute approximate surface area is 212 Å². The average Bonchev–Trinajstić information content (AvgIpc) is 3.58. The van der Waals surface area contributed by atoms with E-state index >= 15 is 0 Å². The van der Waals surface area contributed by atoms with Crippen molar-refractivity contribution in [1.29, 1.82) is 0 Å². The number of carboxylic acids is 1. The number of carbonyl (C=O) groups is 1. The highest BCUT2D eigenvalue weighted by molar-refractivity contribution is 7.59. The highest BCUT2D eigenvalue weighted by Crippen LogP contribution is 2.45. The molecular weight excluding hydrogens is 467 g/mol. The van der Waals surface area contributed by atoms with E-state index in [1.165, 1.54) is 6.07 Å². The smallest absolute Gasteiger partial charge is 0.303 e. The summed E-state index contributed by atoms with van der Waals surface area (Å²) >= 11 is 0. The Morgan fingerprint density at radius 1 is 1.20 bits per heavy atom. The molecule has 1 N–H and O–H groups in total. The van der Waals surface area contributed by atoms with Crippen LogP contribution in [-0.4, -0.2) is 27.7 Å². The number of aliphatic carboxylic acids is 1. The summed E-state index contributed by atoms with van der Waals surface area (Å²) in [4.78, 5) is 15.9. The zero-order chi connectivity index (χ0) is 24.2. The van der Waals surface area contributed by atoms with Gasteiger partial charge in [0.25, 0.3) is 0 Å². The topological polar surface area (TPSA) is 73.6 Å². The summed E-state index contributed by atoms with van der Waals surface area (Å²) in [5.74, 6) is 0.879. The molecule has 2 aromatic carbocycles. The molecule has 0 unspecified atom stereocenters. The monoisotopic (exact) mass is 500 g/mol. The van der Waals surface area contributed by atoms with Crippen molar-refractivity contribution >= 4 is 19.5 Å². The van der Waals surface area contributed by atoms with E-state index in [4.69, 9.17) is 9.47 Å². The largest absolute Gasteiger partial charge is 0.497 e. The van der Waals surface area contributed by atoms with Crippen LogP contribution < -0.4 is 9.47 Å². The molecule has 0 amide bonds. The van der Waals surface area contributed by atoms with Gasteiger partial charge in [0.1, 0.15) is 23.9 Å². The van der Waals surface area contributed by atoms with E-state index in [-0.39, 0.29) is 38.3 Å². The fourth-order valence-electron chi connectivity index (χ4n) is 4.38. The van der Waals surface area contributed by atoms with Crippen molar-refractivity contribution in [3.63, 3.8) is 0 Å². The van der Waals surface area contributed by atoms with Gasteiger partial charge in [-0.1, -0.05) is 26.0 Å². The number of ether oxygens (including phenoxy) is 2. The Morgan fingerprint density at radius 2 is 1.97 bits per heavy atom. The SMILES string of the molecule is COc1ccc(F)c(-n2cnc(COc3cccc([C@@H](CC(=O)O)C4CC4)c3)c2CC(C)C)c1.S. The van der Waals surface area contributed by atoms with Gasteiger partial charge in [0.05, 0.1) is 31.2 Å². The second-order valence-electron chi connectivity index (χ2n) is 9.33. The summed E-state index contributed by atoms with van der Waals surface area (Å²) in [6.07, 6.45) is 4.60. The molecule has 0 saturated heterocycles. The fraction of sp³-hybridized carbons (Fsp3) is 0.407. The number of halogens is 1. The number of benzene rings is 2. The minimum absolute atomic E-state index is 0. The third-order valence-corrected chi connectivity index (χ3v) is 6.21. The first-order chi connectivity index (χ1) is 16.4. The second kappa shape index (κ2) is 11.6. The van der Waals surface area contributed by atoms with Crippen LogP contribution in [0.15, 0.2) is 48.8 Å². The molecule has 1 saturated carbocycles. The van der Waals surface area contributed by atoms with E-state index in [0.29, 0.717) is 35.4 Å². The summed E-state index contributed by atoms with van der Waals surface area (Å²) < 4.78 is 27.8. The molecule has 0 radical (unpaired) electrons. The standard InChI is InChI=1S/C27H31FN2O4.H2S/c1-17(2)11-26-24(29-16-30(26)25-13-20(33-3)9-10-23(25)28)15-34-21-6-4-5-19(12-21)22(14-27(31)32)18-7-8-18;/h4-6,9-10,12-13,16-18,22H,7-8,11,14-15H2,1-3H3,(H,31,32);1H2/t22-;/m0./s1. The molecule has 35 heavy (non-hydrogen) atoms. The predicted octanol–water partition coefficient (Wildman–Crippen LogP) is 5.88. The second-order valence-corrected chi connectivity index (χ2v) is 9.33. The number of imidazole rings is 1. The van der Waals surface area contributed by atoms with Gasteiger partial charge in [-0.25, -0.2) is 9.37 Å². The van der Waals surface area contributed by atoms with E-state index in [1.807, 2.05) is 24.3 Å². The summed E-state index contributed by atoms with van der Waals surface area (Å²) in [5, 5.41) is 9.32. The normalized spacial score (nSPS) is 13.9. The lowest BCUT2D eigenvalue weighted by Gasteiger charge is -2.16. The van der Waals surface area contributed by atoms with Crippen LogP contribution in [0.5, 0.6) is 11.5 Å². The lowest BCUT2D eigenvalue weighted by Crippen LogP contribution is -2.10. The number of hydrogen-bond donors (Lipinski definition) is 1. The van der Waals surface area contributed by atoms with E-state index in [1.54, 1.807) is 30.1 Å². The molecule has 0 aliphatic heterocycles. The van der Waals surface area contributed by atoms with Crippen LogP contribution in [0.2, 0.25) is 0 Å². The fourth-order valence-corrected chi connectivity index (χ4v) is 4.38. The molecule has 6 nitrogen and oxygen atoms in total. The van der Waals surface area contributed by atoms with Crippen molar-refractivity contribution in [2.45, 2.75) is 52.1 Å². The number of carboxylic acid groups (broad SMARTS) is 1. The minimum Gasteiger partial charge on any atom is -0.497 e. The molecule has 188 valence electrons. The lowest BCUT2D eigenvalue weighted by molar-refractivity contribution is -0.137. The predicted molar refractivity (Wildman–Crippen MR) is 137 cm³/mol. The molecule has 0 bridgehead atoms. The Kier molecular flexibility index (Phi) is 8.83. The maximum atomic E-state index is 14.7. The van der Waals surface area contributed by atoms with Crippen LogP contribution in [0.4, 0.5) is 4.39 Å². The van der Waals surface area contributed by atoms with Gasteiger partial charge in [0.15, 0.2) is 0 Å². The summed E-state index contributed by atoms with van der Waals surface area (Å²) in [5.41, 5.74) is 3.01. The Morgan fingerprint density at radius 3 is 2.63 bits per heavy atom. The van der Waals surface area contributed by atoms with Crippen molar-refractivity contribution in [2.24, 2.45) is 11.8 Å². The zero-order valence-corrected chi connectivity index (χ0v) is 21.3. The number of aromatic nitrogens is 2. The van der Waals surface area contributed by atoms with Crippen molar-refractivity contribution in [3.8, 4) is 17.2 Å². The van der Waals surface area contributed by atoms with Gasteiger partial charge in [-0.05, 0) is 66.8 Å². The lowest BCUT2D eigenvalue weighted by atomic mass is 9.91. The number of methoxy groups -OCH3 is 1. The highest BCUT2D eigenvalue weighted by atomic mass is 32.1. The zero-order valence-electron chi connectivity index (χ0n) is 20.3. The summed E-state index contributed by atoms with van der Waals surface area (Å²) in [7, 11) is 1.55.